The Balaban J connectivity index is 2.25. The fourth-order valence-corrected chi connectivity index (χ4v) is 3.57. The van der Waals surface area contributed by atoms with E-state index < -0.39 is 11.7 Å². The summed E-state index contributed by atoms with van der Waals surface area (Å²) < 4.78 is 40.5. The number of benzene rings is 1. The molecule has 0 saturated heterocycles. The first-order valence-electron chi connectivity index (χ1n) is 5.63. The van der Waals surface area contributed by atoms with Gasteiger partial charge in [0, 0.05) is 14.9 Å². The Bertz CT molecular complexity index is 832. The van der Waals surface area contributed by atoms with Crippen molar-refractivity contribution >= 4 is 49.1 Å². The van der Waals surface area contributed by atoms with Crippen LogP contribution in [0.5, 0.6) is 0 Å². The molecule has 8 heteroatoms. The summed E-state index contributed by atoms with van der Waals surface area (Å²) in [5.41, 5.74) is -0.0664. The first-order valence-corrected chi connectivity index (χ1v) is 7.62. The molecule has 0 unspecified atom stereocenters. The van der Waals surface area contributed by atoms with Crippen LogP contribution < -0.4 is 0 Å². The minimum atomic E-state index is -4.44. The maximum Gasteiger partial charge on any atom is 0.417 e. The molecule has 0 spiro atoms. The second kappa shape index (κ2) is 5.23. The first-order chi connectivity index (χ1) is 9.86. The van der Waals surface area contributed by atoms with E-state index in [1.807, 2.05) is 0 Å². The molecule has 0 bridgehead atoms. The van der Waals surface area contributed by atoms with Crippen molar-refractivity contribution in [2.24, 2.45) is 0 Å². The van der Waals surface area contributed by atoms with Gasteiger partial charge in [0.25, 0.3) is 0 Å². The molecule has 0 aliphatic carbocycles. The molecule has 0 N–H and O–H groups in total. The van der Waals surface area contributed by atoms with Crippen LogP contribution in [0.4, 0.5) is 13.2 Å². The quantitative estimate of drug-likeness (QED) is 0.489. The topological polar surface area (TPSA) is 25.8 Å². The van der Waals surface area contributed by atoms with Crippen molar-refractivity contribution in [3.63, 3.8) is 0 Å². The molecule has 108 valence electrons. The average Bonchev–Trinajstić information content (AvgIpc) is 2.83. The molecule has 2 heterocycles. The standard InChI is InChI=1S/C13H5BrClF3N2S/c14-6-1-2-7(8(3-6)13(16,17)18)10-4-9-11(21-10)12(15)20-5-19-9/h1-5H. The average molecular weight is 394 g/mol. The number of thiophene rings is 1. The minimum Gasteiger partial charge on any atom is -0.235 e. The molecule has 0 aliphatic rings. The zero-order chi connectivity index (χ0) is 15.2. The summed E-state index contributed by atoms with van der Waals surface area (Å²) in [7, 11) is 0. The summed E-state index contributed by atoms with van der Waals surface area (Å²) in [5.74, 6) is 0. The monoisotopic (exact) mass is 392 g/mol. The Morgan fingerprint density at radius 1 is 1.14 bits per heavy atom. The van der Waals surface area contributed by atoms with Gasteiger partial charge < -0.3 is 0 Å². The lowest BCUT2D eigenvalue weighted by atomic mass is 10.1. The van der Waals surface area contributed by atoms with Crippen LogP contribution in [-0.2, 0) is 6.18 Å². The molecule has 1 aromatic carbocycles. The molecule has 0 radical (unpaired) electrons. The van der Waals surface area contributed by atoms with Gasteiger partial charge in [-0.15, -0.1) is 11.3 Å². The maximum absolute atomic E-state index is 13.2. The van der Waals surface area contributed by atoms with E-state index in [-0.39, 0.29) is 10.7 Å². The molecule has 21 heavy (non-hydrogen) atoms. The van der Waals surface area contributed by atoms with Gasteiger partial charge >= 0.3 is 6.18 Å². The van der Waals surface area contributed by atoms with E-state index in [0.29, 0.717) is 19.6 Å². The summed E-state index contributed by atoms with van der Waals surface area (Å²) in [5, 5.41) is 0.238. The number of halogens is 5. The second-order valence-electron chi connectivity index (χ2n) is 4.18. The van der Waals surface area contributed by atoms with Crippen LogP contribution in [0.15, 0.2) is 35.1 Å². The van der Waals surface area contributed by atoms with Crippen molar-refractivity contribution in [3.05, 3.63) is 45.8 Å². The number of hydrogen-bond acceptors (Lipinski definition) is 3. The predicted molar refractivity (Wildman–Crippen MR) is 80.6 cm³/mol. The Morgan fingerprint density at radius 2 is 1.90 bits per heavy atom. The number of nitrogens with zero attached hydrogens (tertiary/aromatic N) is 2. The Kier molecular flexibility index (Phi) is 3.67. The number of fused-ring (bicyclic) bond motifs is 1. The Labute approximate surface area is 134 Å². The van der Waals surface area contributed by atoms with E-state index in [1.54, 1.807) is 12.1 Å². The molecule has 2 aromatic heterocycles. The van der Waals surface area contributed by atoms with Crippen LogP contribution in [-0.4, -0.2) is 9.97 Å². The van der Waals surface area contributed by atoms with Gasteiger partial charge in [0.05, 0.1) is 15.8 Å². The van der Waals surface area contributed by atoms with Crippen molar-refractivity contribution in [1.29, 1.82) is 0 Å². The molecule has 0 saturated carbocycles. The number of aromatic nitrogens is 2. The highest BCUT2D eigenvalue weighted by Crippen LogP contribution is 2.42. The molecule has 0 fully saturated rings. The van der Waals surface area contributed by atoms with E-state index in [0.717, 1.165) is 17.4 Å². The van der Waals surface area contributed by atoms with Crippen LogP contribution in [0.25, 0.3) is 20.7 Å². The lowest BCUT2D eigenvalue weighted by Gasteiger charge is -2.12. The summed E-state index contributed by atoms with van der Waals surface area (Å²) in [6.07, 6.45) is -3.15. The summed E-state index contributed by atoms with van der Waals surface area (Å²) in [4.78, 5) is 8.31. The highest BCUT2D eigenvalue weighted by Gasteiger charge is 2.34. The van der Waals surface area contributed by atoms with Crippen molar-refractivity contribution in [3.8, 4) is 10.4 Å². The third kappa shape index (κ3) is 2.77. The second-order valence-corrected chi connectivity index (χ2v) is 6.50. The van der Waals surface area contributed by atoms with Crippen molar-refractivity contribution in [2.75, 3.05) is 0 Å². The van der Waals surface area contributed by atoms with Gasteiger partial charge in [-0.1, -0.05) is 33.6 Å². The summed E-state index contributed by atoms with van der Waals surface area (Å²) in [6.45, 7) is 0. The molecule has 0 amide bonds. The van der Waals surface area contributed by atoms with Crippen LogP contribution in [0.1, 0.15) is 5.56 Å². The van der Waals surface area contributed by atoms with Gasteiger partial charge in [0.2, 0.25) is 0 Å². The molecule has 0 aliphatic heterocycles. The molecular formula is C13H5BrClF3N2S. The van der Waals surface area contributed by atoms with Gasteiger partial charge in [0.1, 0.15) is 11.5 Å². The van der Waals surface area contributed by atoms with E-state index in [2.05, 4.69) is 25.9 Å². The van der Waals surface area contributed by atoms with Crippen LogP contribution in [0, 0.1) is 0 Å². The maximum atomic E-state index is 13.2. The highest BCUT2D eigenvalue weighted by atomic mass is 79.9. The van der Waals surface area contributed by atoms with Crippen molar-refractivity contribution in [1.82, 2.24) is 9.97 Å². The van der Waals surface area contributed by atoms with E-state index in [9.17, 15) is 13.2 Å². The predicted octanol–water partition coefficient (Wildman–Crippen LogP) is 5.79. The smallest absolute Gasteiger partial charge is 0.235 e. The molecule has 2 nitrogen and oxygen atoms in total. The fourth-order valence-electron chi connectivity index (χ4n) is 1.92. The molecule has 0 atom stereocenters. The minimum absolute atomic E-state index is 0.102. The normalized spacial score (nSPS) is 12.0. The summed E-state index contributed by atoms with van der Waals surface area (Å²) >= 11 is 10.2. The molecule has 3 aromatic rings. The Hall–Kier alpha value is -1.18. The number of hydrogen-bond donors (Lipinski definition) is 0. The largest absolute Gasteiger partial charge is 0.417 e. The number of rotatable bonds is 1. The van der Waals surface area contributed by atoms with E-state index in [1.165, 1.54) is 12.4 Å². The van der Waals surface area contributed by atoms with Crippen LogP contribution >= 0.6 is 38.9 Å². The lowest BCUT2D eigenvalue weighted by Crippen LogP contribution is -2.06. The SMILES string of the molecule is FC(F)(F)c1cc(Br)ccc1-c1cc2ncnc(Cl)c2s1. The zero-order valence-electron chi connectivity index (χ0n) is 10.1. The molecular weight excluding hydrogens is 389 g/mol. The van der Waals surface area contributed by atoms with E-state index >= 15 is 0 Å². The van der Waals surface area contributed by atoms with Gasteiger partial charge in [-0.05, 0) is 18.2 Å². The van der Waals surface area contributed by atoms with Gasteiger partial charge in [0.15, 0.2) is 0 Å². The van der Waals surface area contributed by atoms with Gasteiger partial charge in [-0.2, -0.15) is 13.2 Å². The third-order valence-electron chi connectivity index (χ3n) is 2.82. The van der Waals surface area contributed by atoms with Gasteiger partial charge in [-0.25, -0.2) is 9.97 Å². The van der Waals surface area contributed by atoms with Crippen molar-refractivity contribution in [2.45, 2.75) is 6.18 Å². The Morgan fingerprint density at radius 3 is 2.57 bits per heavy atom. The summed E-state index contributed by atoms with van der Waals surface area (Å²) in [6, 6.07) is 5.65. The molecule has 3 rings (SSSR count). The third-order valence-corrected chi connectivity index (χ3v) is 4.88. The first kappa shape index (κ1) is 14.7. The van der Waals surface area contributed by atoms with Crippen LogP contribution in [0.3, 0.4) is 0 Å². The number of alkyl halides is 3. The van der Waals surface area contributed by atoms with Crippen molar-refractivity contribution < 1.29 is 13.2 Å². The van der Waals surface area contributed by atoms with Gasteiger partial charge in [-0.3, -0.25) is 0 Å². The van der Waals surface area contributed by atoms with E-state index in [4.69, 9.17) is 11.6 Å². The van der Waals surface area contributed by atoms with Crippen LogP contribution in [0.2, 0.25) is 5.15 Å². The fraction of sp³-hybridized carbons (Fsp3) is 0.0769. The zero-order valence-corrected chi connectivity index (χ0v) is 13.2. The highest BCUT2D eigenvalue weighted by molar-refractivity contribution is 9.10. The lowest BCUT2D eigenvalue weighted by molar-refractivity contribution is -0.137.